The van der Waals surface area contributed by atoms with E-state index in [9.17, 15) is 14.4 Å². The lowest BCUT2D eigenvalue weighted by atomic mass is 10.1. The summed E-state index contributed by atoms with van der Waals surface area (Å²) in [5, 5.41) is 2.14. The van der Waals surface area contributed by atoms with Gasteiger partial charge in [-0.2, -0.15) is 0 Å². The van der Waals surface area contributed by atoms with Crippen LogP contribution in [0.3, 0.4) is 0 Å². The Morgan fingerprint density at radius 2 is 1.68 bits per heavy atom. The number of nitrogen functional groups attached to an aromatic ring is 1. The fraction of sp³-hybridized carbons (Fsp3) is 0.0500. The molecular weight excluding hydrogens is 362 g/mol. The van der Waals surface area contributed by atoms with Gasteiger partial charge in [0.05, 0.1) is 23.9 Å². The summed E-state index contributed by atoms with van der Waals surface area (Å²) < 4.78 is 12.3. The van der Waals surface area contributed by atoms with Crippen molar-refractivity contribution in [3.8, 4) is 22.9 Å². The van der Waals surface area contributed by atoms with E-state index in [4.69, 9.17) is 15.2 Å². The van der Waals surface area contributed by atoms with Crippen molar-refractivity contribution in [1.82, 2.24) is 9.88 Å². The second-order valence-corrected chi connectivity index (χ2v) is 6.02. The molecule has 0 spiro atoms. The van der Waals surface area contributed by atoms with Gasteiger partial charge in [-0.1, -0.05) is 18.2 Å². The van der Waals surface area contributed by atoms with Crippen molar-refractivity contribution in [3.63, 3.8) is 0 Å². The summed E-state index contributed by atoms with van der Waals surface area (Å²) >= 11 is 0. The third-order valence-corrected chi connectivity index (χ3v) is 4.32. The number of benzene rings is 2. The maximum absolute atomic E-state index is 12.7. The molecule has 0 fully saturated rings. The van der Waals surface area contributed by atoms with E-state index in [1.165, 1.54) is 7.11 Å². The summed E-state index contributed by atoms with van der Waals surface area (Å²) in [7, 11) is 1.45. The maximum Gasteiger partial charge on any atom is 0.262 e. The van der Waals surface area contributed by atoms with Crippen LogP contribution in [0.5, 0.6) is 17.2 Å². The third kappa shape index (κ3) is 2.77. The number of anilines is 1. The summed E-state index contributed by atoms with van der Waals surface area (Å²) in [6, 6.07) is 15.1. The summed E-state index contributed by atoms with van der Waals surface area (Å²) in [6.45, 7) is 0. The average Bonchev–Trinajstić information content (AvgIpc) is 2.96. The van der Waals surface area contributed by atoms with E-state index in [1.54, 1.807) is 30.3 Å². The molecule has 2 heterocycles. The zero-order valence-corrected chi connectivity index (χ0v) is 14.8. The molecule has 3 N–H and O–H groups in total. The minimum Gasteiger partial charge on any atom is -0.495 e. The van der Waals surface area contributed by atoms with Crippen LogP contribution in [0.2, 0.25) is 0 Å². The highest BCUT2D eigenvalue weighted by atomic mass is 16.5. The molecule has 1 aliphatic heterocycles. The first-order chi connectivity index (χ1) is 13.5. The number of imide groups is 1. The number of pyridine rings is 1. The first-order valence-corrected chi connectivity index (χ1v) is 8.32. The number of para-hydroxylation sites is 1. The lowest BCUT2D eigenvalue weighted by Crippen LogP contribution is -2.24. The molecule has 1 aromatic heterocycles. The van der Waals surface area contributed by atoms with Crippen molar-refractivity contribution < 1.29 is 19.1 Å². The molecule has 0 aliphatic carbocycles. The number of rotatable bonds is 4. The maximum atomic E-state index is 12.7. The molecule has 0 saturated heterocycles. The third-order valence-electron chi connectivity index (χ3n) is 4.32. The highest BCUT2D eigenvalue weighted by Gasteiger charge is 2.32. The Kier molecular flexibility index (Phi) is 4.08. The molecule has 140 valence electrons. The van der Waals surface area contributed by atoms with Crippen LogP contribution in [0.15, 0.2) is 59.4 Å². The largest absolute Gasteiger partial charge is 0.495 e. The quantitative estimate of drug-likeness (QED) is 0.674. The number of carbonyl (C=O) groups is 2. The van der Waals surface area contributed by atoms with Crippen LogP contribution in [-0.4, -0.2) is 23.5 Å². The van der Waals surface area contributed by atoms with Crippen LogP contribution in [0.4, 0.5) is 5.82 Å². The molecule has 0 bridgehead atoms. The van der Waals surface area contributed by atoms with Gasteiger partial charge in [-0.05, 0) is 24.3 Å². The van der Waals surface area contributed by atoms with E-state index in [0.717, 1.165) is 10.6 Å². The average molecular weight is 377 g/mol. The van der Waals surface area contributed by atoms with Gasteiger partial charge in [0.15, 0.2) is 0 Å². The summed E-state index contributed by atoms with van der Waals surface area (Å²) in [4.78, 5) is 36.6. The van der Waals surface area contributed by atoms with Gasteiger partial charge in [-0.15, -0.1) is 0 Å². The molecular formula is C20H15N3O5. The predicted molar refractivity (Wildman–Crippen MR) is 101 cm³/mol. The van der Waals surface area contributed by atoms with Crippen LogP contribution < -0.4 is 26.1 Å². The summed E-state index contributed by atoms with van der Waals surface area (Å²) in [5.74, 6) is -0.0573. The van der Waals surface area contributed by atoms with Gasteiger partial charge >= 0.3 is 0 Å². The molecule has 1 aliphatic rings. The first kappa shape index (κ1) is 17.3. The Morgan fingerprint density at radius 1 is 0.929 bits per heavy atom. The van der Waals surface area contributed by atoms with Crippen LogP contribution in [0.1, 0.15) is 20.7 Å². The van der Waals surface area contributed by atoms with E-state index >= 15 is 0 Å². The van der Waals surface area contributed by atoms with E-state index in [1.807, 2.05) is 18.2 Å². The molecule has 0 radical (unpaired) electrons. The Hall–Kier alpha value is -4.07. The Balaban J connectivity index is 1.88. The fourth-order valence-corrected chi connectivity index (χ4v) is 3.06. The number of nitrogens with one attached hydrogen (secondary N) is 1. The summed E-state index contributed by atoms with van der Waals surface area (Å²) in [6.07, 6.45) is 0. The van der Waals surface area contributed by atoms with Crippen molar-refractivity contribution in [1.29, 1.82) is 0 Å². The Labute approximate surface area is 159 Å². The number of fused-ring (bicyclic) bond motifs is 1. The molecule has 8 nitrogen and oxygen atoms in total. The molecule has 0 saturated carbocycles. The smallest absolute Gasteiger partial charge is 0.262 e. The fourth-order valence-electron chi connectivity index (χ4n) is 3.06. The Bertz CT molecular complexity index is 1170. The van der Waals surface area contributed by atoms with Crippen molar-refractivity contribution >= 4 is 17.6 Å². The second-order valence-electron chi connectivity index (χ2n) is 6.02. The van der Waals surface area contributed by atoms with Gasteiger partial charge in [0.1, 0.15) is 23.1 Å². The predicted octanol–water partition coefficient (Wildman–Crippen LogP) is 2.10. The minimum absolute atomic E-state index is 0.0407. The van der Waals surface area contributed by atoms with Crippen molar-refractivity contribution in [2.24, 2.45) is 0 Å². The standard InChI is InChI=1S/C20H15N3O5/c1-27-15-8-7-12(28-11-5-3-2-4-6-11)9-14(15)23-16(24)10-13-17(18(23)21)20(26)22-19(13)25/h2-10H,21H2,1H3,(H,22,25,26). The normalized spacial score (nSPS) is 12.5. The van der Waals surface area contributed by atoms with Crippen molar-refractivity contribution in [3.05, 3.63) is 76.1 Å². The number of aromatic nitrogens is 1. The molecule has 2 amide bonds. The SMILES string of the molecule is COc1ccc(Oc2ccccc2)cc1-n1c(N)c2c(cc1=O)C(=O)NC2=O. The van der Waals surface area contributed by atoms with Crippen LogP contribution in [0, 0.1) is 0 Å². The van der Waals surface area contributed by atoms with Crippen molar-refractivity contribution in [2.45, 2.75) is 0 Å². The van der Waals surface area contributed by atoms with E-state index in [-0.39, 0.29) is 22.6 Å². The van der Waals surface area contributed by atoms with Crippen molar-refractivity contribution in [2.75, 3.05) is 12.8 Å². The molecule has 0 unspecified atom stereocenters. The second kappa shape index (κ2) is 6.58. The van der Waals surface area contributed by atoms with Gasteiger partial charge in [-0.3, -0.25) is 24.3 Å². The number of methoxy groups -OCH3 is 1. The number of nitrogens with zero attached hydrogens (tertiary/aromatic N) is 1. The number of hydrogen-bond donors (Lipinski definition) is 2. The zero-order chi connectivity index (χ0) is 19.8. The van der Waals surface area contributed by atoms with E-state index in [0.29, 0.717) is 17.2 Å². The number of nitrogens with two attached hydrogens (primary N) is 1. The highest BCUT2D eigenvalue weighted by molar-refractivity contribution is 6.23. The number of hydrogen-bond acceptors (Lipinski definition) is 6. The van der Waals surface area contributed by atoms with Crippen LogP contribution >= 0.6 is 0 Å². The van der Waals surface area contributed by atoms with Crippen LogP contribution in [0.25, 0.3) is 5.69 Å². The van der Waals surface area contributed by atoms with Gasteiger partial charge < -0.3 is 15.2 Å². The monoisotopic (exact) mass is 377 g/mol. The molecule has 3 aromatic rings. The lowest BCUT2D eigenvalue weighted by molar-refractivity contribution is 0.0880. The molecule has 4 rings (SSSR count). The van der Waals surface area contributed by atoms with Gasteiger partial charge in [-0.25, -0.2) is 0 Å². The van der Waals surface area contributed by atoms with E-state index < -0.39 is 17.4 Å². The van der Waals surface area contributed by atoms with Crippen LogP contribution in [-0.2, 0) is 0 Å². The highest BCUT2D eigenvalue weighted by Crippen LogP contribution is 2.32. The lowest BCUT2D eigenvalue weighted by Gasteiger charge is -2.16. The minimum atomic E-state index is -0.651. The zero-order valence-electron chi connectivity index (χ0n) is 14.8. The van der Waals surface area contributed by atoms with E-state index in [2.05, 4.69) is 5.32 Å². The first-order valence-electron chi connectivity index (χ1n) is 8.32. The molecule has 2 aromatic carbocycles. The molecule has 0 atom stereocenters. The van der Waals surface area contributed by atoms with Gasteiger partial charge in [0.2, 0.25) is 0 Å². The number of ether oxygens (including phenoxy) is 2. The molecule has 28 heavy (non-hydrogen) atoms. The Morgan fingerprint density at radius 3 is 2.39 bits per heavy atom. The number of amides is 2. The number of carbonyl (C=O) groups excluding carboxylic acids is 2. The molecule has 8 heteroatoms. The summed E-state index contributed by atoms with van der Waals surface area (Å²) in [5.41, 5.74) is 5.73. The van der Waals surface area contributed by atoms with Gasteiger partial charge in [0, 0.05) is 12.1 Å². The topological polar surface area (TPSA) is 113 Å². The van der Waals surface area contributed by atoms with Gasteiger partial charge in [0.25, 0.3) is 17.4 Å².